The van der Waals surface area contributed by atoms with Crippen molar-refractivity contribution in [3.05, 3.63) is 5.82 Å². The van der Waals surface area contributed by atoms with Gasteiger partial charge in [-0.1, -0.05) is 25.6 Å². The quantitative estimate of drug-likeness (QED) is 0.721. The van der Waals surface area contributed by atoms with Gasteiger partial charge in [-0.2, -0.15) is 0 Å². The first kappa shape index (κ1) is 11.0. The summed E-state index contributed by atoms with van der Waals surface area (Å²) in [6, 6.07) is 0. The second-order valence-corrected chi connectivity index (χ2v) is 4.29. The lowest BCUT2D eigenvalue weighted by Crippen LogP contribution is -1.98. The summed E-state index contributed by atoms with van der Waals surface area (Å²) in [7, 11) is 0. The van der Waals surface area contributed by atoms with E-state index in [0.29, 0.717) is 11.1 Å². The SMILES string of the molecule is CC(C)Cc1nc(SCC(=O)O)n[nH]1. The van der Waals surface area contributed by atoms with E-state index in [9.17, 15) is 4.79 Å². The van der Waals surface area contributed by atoms with Gasteiger partial charge in [0.05, 0.1) is 5.75 Å². The Morgan fingerprint density at radius 3 is 2.93 bits per heavy atom. The molecule has 0 spiro atoms. The van der Waals surface area contributed by atoms with Gasteiger partial charge < -0.3 is 5.11 Å². The van der Waals surface area contributed by atoms with Crippen LogP contribution in [-0.2, 0) is 11.2 Å². The third kappa shape index (κ3) is 3.78. The zero-order valence-electron chi connectivity index (χ0n) is 8.15. The van der Waals surface area contributed by atoms with Gasteiger partial charge in [0.1, 0.15) is 5.82 Å². The van der Waals surface area contributed by atoms with E-state index in [2.05, 4.69) is 29.0 Å². The van der Waals surface area contributed by atoms with Crippen LogP contribution < -0.4 is 0 Å². The van der Waals surface area contributed by atoms with E-state index in [1.807, 2.05) is 0 Å². The number of nitrogens with zero attached hydrogens (tertiary/aromatic N) is 2. The molecule has 0 fully saturated rings. The van der Waals surface area contributed by atoms with Crippen molar-refractivity contribution in [1.82, 2.24) is 15.2 Å². The van der Waals surface area contributed by atoms with E-state index in [1.165, 1.54) is 0 Å². The van der Waals surface area contributed by atoms with Crippen molar-refractivity contribution in [2.24, 2.45) is 5.92 Å². The standard InChI is InChI=1S/C8H13N3O2S/c1-5(2)3-6-9-8(11-10-6)14-4-7(12)13/h5H,3-4H2,1-2H3,(H,12,13)(H,9,10,11). The highest BCUT2D eigenvalue weighted by Crippen LogP contribution is 2.12. The minimum Gasteiger partial charge on any atom is -0.481 e. The second-order valence-electron chi connectivity index (χ2n) is 3.35. The first-order valence-corrected chi connectivity index (χ1v) is 5.32. The molecule has 1 heterocycles. The van der Waals surface area contributed by atoms with Crippen molar-refractivity contribution in [2.75, 3.05) is 5.75 Å². The van der Waals surface area contributed by atoms with E-state index >= 15 is 0 Å². The topological polar surface area (TPSA) is 78.9 Å². The molecule has 0 aliphatic carbocycles. The smallest absolute Gasteiger partial charge is 0.313 e. The summed E-state index contributed by atoms with van der Waals surface area (Å²) in [6.45, 7) is 4.18. The van der Waals surface area contributed by atoms with Gasteiger partial charge in [0.2, 0.25) is 5.16 Å². The van der Waals surface area contributed by atoms with E-state index in [0.717, 1.165) is 24.0 Å². The number of nitrogens with one attached hydrogen (secondary N) is 1. The highest BCUT2D eigenvalue weighted by molar-refractivity contribution is 7.99. The molecule has 1 aromatic heterocycles. The van der Waals surface area contributed by atoms with Gasteiger partial charge in [0.25, 0.3) is 0 Å². The average Bonchev–Trinajstić information content (AvgIpc) is 2.47. The number of aliphatic carboxylic acids is 1. The van der Waals surface area contributed by atoms with E-state index < -0.39 is 5.97 Å². The Morgan fingerprint density at radius 2 is 2.36 bits per heavy atom. The molecule has 2 N–H and O–H groups in total. The maximum atomic E-state index is 10.3. The zero-order chi connectivity index (χ0) is 10.6. The third-order valence-corrected chi connectivity index (χ3v) is 2.27. The molecular formula is C8H13N3O2S. The highest BCUT2D eigenvalue weighted by Gasteiger charge is 2.07. The normalized spacial score (nSPS) is 10.8. The maximum absolute atomic E-state index is 10.3. The second kappa shape index (κ2) is 4.99. The Bertz CT molecular complexity index is 311. The molecule has 5 nitrogen and oxygen atoms in total. The number of aromatic nitrogens is 3. The number of rotatable bonds is 5. The molecule has 0 amide bonds. The van der Waals surface area contributed by atoms with Crippen molar-refractivity contribution in [1.29, 1.82) is 0 Å². The van der Waals surface area contributed by atoms with Gasteiger partial charge in [-0.3, -0.25) is 9.89 Å². The Balaban J connectivity index is 2.46. The average molecular weight is 215 g/mol. The Hall–Kier alpha value is -1.04. The Labute approximate surface area is 86.3 Å². The lowest BCUT2D eigenvalue weighted by atomic mass is 10.1. The van der Waals surface area contributed by atoms with Gasteiger partial charge in [0, 0.05) is 6.42 Å². The van der Waals surface area contributed by atoms with Crippen LogP contribution in [0.1, 0.15) is 19.7 Å². The van der Waals surface area contributed by atoms with Crippen LogP contribution >= 0.6 is 11.8 Å². The van der Waals surface area contributed by atoms with Crippen molar-refractivity contribution < 1.29 is 9.90 Å². The molecular weight excluding hydrogens is 202 g/mol. The Kier molecular flexibility index (Phi) is 3.94. The van der Waals surface area contributed by atoms with Crippen molar-refractivity contribution in [3.63, 3.8) is 0 Å². The molecule has 0 atom stereocenters. The molecule has 0 aliphatic rings. The number of carboxylic acid groups (broad SMARTS) is 1. The molecule has 0 radical (unpaired) electrons. The monoisotopic (exact) mass is 215 g/mol. The minimum absolute atomic E-state index is 0.00102. The minimum atomic E-state index is -0.856. The third-order valence-electron chi connectivity index (χ3n) is 1.44. The summed E-state index contributed by atoms with van der Waals surface area (Å²) >= 11 is 1.12. The molecule has 1 aromatic rings. The Morgan fingerprint density at radius 1 is 1.64 bits per heavy atom. The molecule has 1 rings (SSSR count). The van der Waals surface area contributed by atoms with Crippen LogP contribution in [0.25, 0.3) is 0 Å². The van der Waals surface area contributed by atoms with Crippen LogP contribution in [0, 0.1) is 5.92 Å². The summed E-state index contributed by atoms with van der Waals surface area (Å²) in [4.78, 5) is 14.4. The lowest BCUT2D eigenvalue weighted by Gasteiger charge is -1.97. The number of hydrogen-bond donors (Lipinski definition) is 2. The maximum Gasteiger partial charge on any atom is 0.313 e. The number of aromatic amines is 1. The fraction of sp³-hybridized carbons (Fsp3) is 0.625. The molecule has 78 valence electrons. The molecule has 0 unspecified atom stereocenters. The number of H-pyrrole nitrogens is 1. The van der Waals surface area contributed by atoms with Gasteiger partial charge in [0.15, 0.2) is 0 Å². The summed E-state index contributed by atoms with van der Waals surface area (Å²) in [5.41, 5.74) is 0. The number of carbonyl (C=O) groups is 1. The largest absolute Gasteiger partial charge is 0.481 e. The molecule has 0 aliphatic heterocycles. The summed E-state index contributed by atoms with van der Waals surface area (Å²) in [6.07, 6.45) is 0.834. The first-order chi connectivity index (χ1) is 6.58. The van der Waals surface area contributed by atoms with Crippen LogP contribution in [0.3, 0.4) is 0 Å². The number of carboxylic acids is 1. The zero-order valence-corrected chi connectivity index (χ0v) is 8.97. The fourth-order valence-corrected chi connectivity index (χ4v) is 1.48. The van der Waals surface area contributed by atoms with Crippen LogP contribution in [-0.4, -0.2) is 32.0 Å². The van der Waals surface area contributed by atoms with E-state index in [1.54, 1.807) is 0 Å². The molecule has 0 saturated carbocycles. The predicted molar refractivity (Wildman–Crippen MR) is 53.3 cm³/mol. The number of hydrogen-bond acceptors (Lipinski definition) is 4. The summed E-state index contributed by atoms with van der Waals surface area (Å²) in [5, 5.41) is 15.6. The molecule has 0 aromatic carbocycles. The van der Waals surface area contributed by atoms with Gasteiger partial charge in [-0.15, -0.1) is 5.10 Å². The molecule has 0 saturated heterocycles. The van der Waals surface area contributed by atoms with E-state index in [-0.39, 0.29) is 5.75 Å². The van der Waals surface area contributed by atoms with Gasteiger partial charge in [-0.25, -0.2) is 4.98 Å². The summed E-state index contributed by atoms with van der Waals surface area (Å²) < 4.78 is 0. The molecule has 0 bridgehead atoms. The van der Waals surface area contributed by atoms with E-state index in [4.69, 9.17) is 5.11 Å². The van der Waals surface area contributed by atoms with Crippen LogP contribution in [0.2, 0.25) is 0 Å². The van der Waals surface area contributed by atoms with Gasteiger partial charge >= 0.3 is 5.97 Å². The predicted octanol–water partition coefficient (Wildman–Crippen LogP) is 1.18. The fourth-order valence-electron chi connectivity index (χ4n) is 0.947. The lowest BCUT2D eigenvalue weighted by molar-refractivity contribution is -0.133. The van der Waals surface area contributed by atoms with Crippen molar-refractivity contribution in [3.8, 4) is 0 Å². The number of thioether (sulfide) groups is 1. The highest BCUT2D eigenvalue weighted by atomic mass is 32.2. The van der Waals surface area contributed by atoms with Crippen LogP contribution in [0.5, 0.6) is 0 Å². The van der Waals surface area contributed by atoms with Crippen LogP contribution in [0.15, 0.2) is 5.16 Å². The van der Waals surface area contributed by atoms with Crippen molar-refractivity contribution >= 4 is 17.7 Å². The van der Waals surface area contributed by atoms with Gasteiger partial charge in [-0.05, 0) is 5.92 Å². The van der Waals surface area contributed by atoms with Crippen LogP contribution in [0.4, 0.5) is 0 Å². The molecule has 14 heavy (non-hydrogen) atoms. The summed E-state index contributed by atoms with van der Waals surface area (Å²) in [5.74, 6) is 0.470. The first-order valence-electron chi connectivity index (χ1n) is 4.34. The molecule has 6 heteroatoms. The van der Waals surface area contributed by atoms with Crippen molar-refractivity contribution in [2.45, 2.75) is 25.4 Å².